The molecule has 3 fully saturated rings. The van der Waals surface area contributed by atoms with Crippen LogP contribution in [0.4, 0.5) is 5.69 Å². The summed E-state index contributed by atoms with van der Waals surface area (Å²) in [5, 5.41) is 0. The van der Waals surface area contributed by atoms with Crippen LogP contribution in [0.1, 0.15) is 44.1 Å². The van der Waals surface area contributed by atoms with E-state index in [4.69, 9.17) is 0 Å². The van der Waals surface area contributed by atoms with Crippen molar-refractivity contribution in [2.75, 3.05) is 51.2 Å². The third-order valence-corrected chi connectivity index (χ3v) is 6.82. The first-order valence-electron chi connectivity index (χ1n) is 10.5. The fourth-order valence-corrected chi connectivity index (χ4v) is 5.03. The van der Waals surface area contributed by atoms with Gasteiger partial charge in [0.15, 0.2) is 0 Å². The van der Waals surface area contributed by atoms with E-state index in [1.807, 2.05) is 0 Å². The average molecular weight is 342 g/mol. The summed E-state index contributed by atoms with van der Waals surface area (Å²) in [7, 11) is 2.22. The normalized spacial score (nSPS) is 24.9. The van der Waals surface area contributed by atoms with E-state index in [-0.39, 0.29) is 0 Å². The minimum absolute atomic E-state index is 0.895. The van der Waals surface area contributed by atoms with Crippen molar-refractivity contribution >= 4 is 5.69 Å². The van der Waals surface area contributed by atoms with E-state index in [0.29, 0.717) is 0 Å². The van der Waals surface area contributed by atoms with Gasteiger partial charge >= 0.3 is 0 Å². The molecular weight excluding hydrogens is 306 g/mol. The van der Waals surface area contributed by atoms with E-state index in [0.717, 1.165) is 25.0 Å². The molecule has 0 bridgehead atoms. The van der Waals surface area contributed by atoms with E-state index in [1.54, 1.807) is 0 Å². The van der Waals surface area contributed by atoms with Gasteiger partial charge in [-0.3, -0.25) is 0 Å². The molecule has 3 aliphatic rings. The molecule has 0 unspecified atom stereocenters. The number of rotatable bonds is 4. The Morgan fingerprint density at radius 3 is 2.08 bits per heavy atom. The lowest BCUT2D eigenvalue weighted by Gasteiger charge is -2.36. The lowest BCUT2D eigenvalue weighted by atomic mass is 9.89. The molecule has 25 heavy (non-hydrogen) atoms. The van der Waals surface area contributed by atoms with E-state index >= 15 is 0 Å². The van der Waals surface area contributed by atoms with Gasteiger partial charge in [-0.05, 0) is 75.9 Å². The van der Waals surface area contributed by atoms with E-state index in [1.165, 1.54) is 82.4 Å². The van der Waals surface area contributed by atoms with Gasteiger partial charge < -0.3 is 14.7 Å². The maximum atomic E-state index is 2.79. The van der Waals surface area contributed by atoms with Crippen molar-refractivity contribution in [2.24, 2.45) is 5.92 Å². The Labute approximate surface area is 154 Å². The number of piperidine rings is 1. The molecule has 2 heterocycles. The van der Waals surface area contributed by atoms with Crippen LogP contribution in [-0.2, 0) is 6.42 Å². The van der Waals surface area contributed by atoms with Gasteiger partial charge in [0, 0.05) is 37.9 Å². The van der Waals surface area contributed by atoms with E-state index < -0.39 is 0 Å². The third kappa shape index (κ3) is 4.38. The van der Waals surface area contributed by atoms with Crippen LogP contribution in [0.15, 0.2) is 24.3 Å². The molecule has 2 aliphatic heterocycles. The van der Waals surface area contributed by atoms with E-state index in [2.05, 4.69) is 46.0 Å². The molecule has 138 valence electrons. The zero-order valence-corrected chi connectivity index (χ0v) is 16.0. The van der Waals surface area contributed by atoms with E-state index in [9.17, 15) is 0 Å². The summed E-state index contributed by atoms with van der Waals surface area (Å²) in [6.45, 7) is 7.37. The highest BCUT2D eigenvalue weighted by Gasteiger charge is 2.27. The lowest BCUT2D eigenvalue weighted by Crippen LogP contribution is -2.44. The first-order valence-corrected chi connectivity index (χ1v) is 10.5. The number of likely N-dealkylation sites (N-methyl/N-ethyl adjacent to an activating group) is 1. The Kier molecular flexibility index (Phi) is 5.62. The van der Waals surface area contributed by atoms with Crippen LogP contribution in [-0.4, -0.2) is 62.2 Å². The average Bonchev–Trinajstić information content (AvgIpc) is 3.19. The van der Waals surface area contributed by atoms with Crippen molar-refractivity contribution in [1.82, 2.24) is 9.80 Å². The van der Waals surface area contributed by atoms with Crippen LogP contribution < -0.4 is 4.90 Å². The first kappa shape index (κ1) is 17.4. The number of anilines is 1. The Hall–Kier alpha value is -1.06. The minimum atomic E-state index is 0.895. The third-order valence-electron chi connectivity index (χ3n) is 6.82. The largest absolute Gasteiger partial charge is 0.369 e. The molecule has 0 spiro atoms. The highest BCUT2D eigenvalue weighted by atomic mass is 15.2. The summed E-state index contributed by atoms with van der Waals surface area (Å²) in [4.78, 5) is 7.74. The zero-order chi connectivity index (χ0) is 17.1. The summed E-state index contributed by atoms with van der Waals surface area (Å²) >= 11 is 0. The number of benzene rings is 1. The topological polar surface area (TPSA) is 9.72 Å². The molecule has 0 atom stereocenters. The fraction of sp³-hybridized carbons (Fsp3) is 0.727. The summed E-state index contributed by atoms with van der Waals surface area (Å²) in [6, 6.07) is 10.4. The Morgan fingerprint density at radius 1 is 0.800 bits per heavy atom. The Balaban J connectivity index is 1.26. The summed E-state index contributed by atoms with van der Waals surface area (Å²) in [6.07, 6.45) is 9.92. The van der Waals surface area contributed by atoms with Gasteiger partial charge in [0.25, 0.3) is 0 Å². The van der Waals surface area contributed by atoms with Gasteiger partial charge in [0.2, 0.25) is 0 Å². The minimum Gasteiger partial charge on any atom is -0.369 e. The second-order valence-corrected chi connectivity index (χ2v) is 8.58. The second-order valence-electron chi connectivity index (χ2n) is 8.58. The summed E-state index contributed by atoms with van der Waals surface area (Å²) < 4.78 is 0. The quantitative estimate of drug-likeness (QED) is 0.828. The molecular formula is C22H35N3. The first-order chi connectivity index (χ1) is 12.3. The molecule has 0 N–H and O–H groups in total. The maximum Gasteiger partial charge on any atom is 0.0367 e. The molecule has 1 saturated carbocycles. The van der Waals surface area contributed by atoms with Crippen LogP contribution in [0.5, 0.6) is 0 Å². The van der Waals surface area contributed by atoms with Gasteiger partial charge in [-0.25, -0.2) is 0 Å². The zero-order valence-electron chi connectivity index (χ0n) is 16.0. The smallest absolute Gasteiger partial charge is 0.0367 e. The predicted molar refractivity (Wildman–Crippen MR) is 106 cm³/mol. The molecule has 0 amide bonds. The van der Waals surface area contributed by atoms with Crippen LogP contribution in [0, 0.1) is 5.92 Å². The highest BCUT2D eigenvalue weighted by molar-refractivity contribution is 5.48. The standard InChI is InChI=1S/C22H35N3/c1-23-14-16-25(17-15-23)22-8-6-19(7-9-22)18-20-10-12-24(13-11-20)21-4-2-3-5-21/h6-9,20-21H,2-5,10-18H2,1H3. The van der Waals surface area contributed by atoms with Crippen molar-refractivity contribution < 1.29 is 0 Å². The monoisotopic (exact) mass is 341 g/mol. The lowest BCUT2D eigenvalue weighted by molar-refractivity contribution is 0.134. The molecule has 3 nitrogen and oxygen atoms in total. The molecule has 1 aromatic rings. The molecule has 4 rings (SSSR count). The number of nitrogens with zero attached hydrogens (tertiary/aromatic N) is 3. The molecule has 1 aliphatic carbocycles. The van der Waals surface area contributed by atoms with Crippen molar-refractivity contribution in [3.8, 4) is 0 Å². The van der Waals surface area contributed by atoms with Crippen LogP contribution in [0.25, 0.3) is 0 Å². The Morgan fingerprint density at radius 2 is 1.44 bits per heavy atom. The maximum absolute atomic E-state index is 2.79. The number of hydrogen-bond donors (Lipinski definition) is 0. The van der Waals surface area contributed by atoms with Gasteiger partial charge in [-0.2, -0.15) is 0 Å². The van der Waals surface area contributed by atoms with Crippen molar-refractivity contribution in [3.63, 3.8) is 0 Å². The van der Waals surface area contributed by atoms with Crippen molar-refractivity contribution in [3.05, 3.63) is 29.8 Å². The number of piperazine rings is 1. The number of likely N-dealkylation sites (tertiary alicyclic amines) is 1. The summed E-state index contributed by atoms with van der Waals surface area (Å²) in [5.41, 5.74) is 2.95. The van der Waals surface area contributed by atoms with Crippen molar-refractivity contribution in [1.29, 1.82) is 0 Å². The van der Waals surface area contributed by atoms with Gasteiger partial charge in [0.1, 0.15) is 0 Å². The van der Waals surface area contributed by atoms with Crippen LogP contribution in [0.3, 0.4) is 0 Å². The van der Waals surface area contributed by atoms with Gasteiger partial charge in [-0.1, -0.05) is 25.0 Å². The second kappa shape index (κ2) is 8.09. The van der Waals surface area contributed by atoms with Gasteiger partial charge in [0.05, 0.1) is 0 Å². The van der Waals surface area contributed by atoms with Gasteiger partial charge in [-0.15, -0.1) is 0 Å². The SMILES string of the molecule is CN1CCN(c2ccc(CC3CCN(C4CCCC4)CC3)cc2)CC1. The van der Waals surface area contributed by atoms with Crippen LogP contribution in [0.2, 0.25) is 0 Å². The fourth-order valence-electron chi connectivity index (χ4n) is 5.03. The molecule has 2 saturated heterocycles. The Bertz CT molecular complexity index is 519. The predicted octanol–water partition coefficient (Wildman–Crippen LogP) is 3.64. The highest BCUT2D eigenvalue weighted by Crippen LogP contribution is 2.29. The molecule has 0 aromatic heterocycles. The summed E-state index contributed by atoms with van der Waals surface area (Å²) in [5.74, 6) is 0.895. The molecule has 0 radical (unpaired) electrons. The van der Waals surface area contributed by atoms with Crippen molar-refractivity contribution in [2.45, 2.75) is 51.0 Å². The molecule has 3 heteroatoms. The molecule has 1 aromatic carbocycles. The van der Waals surface area contributed by atoms with Crippen LogP contribution >= 0.6 is 0 Å². The number of hydrogen-bond acceptors (Lipinski definition) is 3.